The molecule has 0 aliphatic rings. The van der Waals surface area contributed by atoms with E-state index in [0.29, 0.717) is 17.9 Å². The Morgan fingerprint density at radius 2 is 1.81 bits per heavy atom. The molecule has 0 radical (unpaired) electrons. The average Bonchev–Trinajstić information content (AvgIpc) is 2.12. The molecule has 1 aromatic rings. The first-order valence-corrected chi connectivity index (χ1v) is 5.25. The zero-order valence-electron chi connectivity index (χ0n) is 9.43. The maximum absolute atomic E-state index is 12.5. The third-order valence-electron chi connectivity index (χ3n) is 2.35. The highest BCUT2D eigenvalue weighted by Crippen LogP contribution is 2.31. The Morgan fingerprint density at radius 3 is 2.31 bits per heavy atom. The molecule has 1 aromatic carbocycles. The maximum Gasteiger partial charge on any atom is 0.416 e. The van der Waals surface area contributed by atoms with Gasteiger partial charge in [0.25, 0.3) is 0 Å². The molecule has 0 bridgehead atoms. The molecule has 1 nitrogen and oxygen atoms in total. The third kappa shape index (κ3) is 3.76. The quantitative estimate of drug-likeness (QED) is 0.785. The Kier molecular flexibility index (Phi) is 3.83. The van der Waals surface area contributed by atoms with Gasteiger partial charge in [-0.2, -0.15) is 13.2 Å². The van der Waals surface area contributed by atoms with Crippen molar-refractivity contribution in [2.45, 2.75) is 32.9 Å². The molecule has 16 heavy (non-hydrogen) atoms. The minimum absolute atomic E-state index is 0.175. The van der Waals surface area contributed by atoms with E-state index in [2.05, 4.69) is 0 Å². The number of hydrogen-bond donors (Lipinski definition) is 1. The van der Waals surface area contributed by atoms with E-state index in [1.165, 1.54) is 6.07 Å². The fraction of sp³-hybridized carbons (Fsp3) is 0.500. The summed E-state index contributed by atoms with van der Waals surface area (Å²) in [6, 6.07) is 3.76. The third-order valence-corrected chi connectivity index (χ3v) is 2.35. The summed E-state index contributed by atoms with van der Waals surface area (Å²) in [7, 11) is 0. The normalized spacial score (nSPS) is 12.1. The van der Waals surface area contributed by atoms with Gasteiger partial charge in [0, 0.05) is 5.69 Å². The van der Waals surface area contributed by atoms with Crippen LogP contribution in [0.25, 0.3) is 0 Å². The molecular formula is C12H16F3N. The van der Waals surface area contributed by atoms with Gasteiger partial charge in [0.2, 0.25) is 0 Å². The molecule has 0 amide bonds. The van der Waals surface area contributed by atoms with Crippen LogP contribution in [-0.4, -0.2) is 0 Å². The van der Waals surface area contributed by atoms with Crippen LogP contribution in [0.1, 0.15) is 31.4 Å². The van der Waals surface area contributed by atoms with E-state index in [1.807, 2.05) is 13.8 Å². The SMILES string of the molecule is CC(C)CCc1cc(N)cc(C(F)(F)F)c1. The fourth-order valence-electron chi connectivity index (χ4n) is 1.48. The first-order valence-electron chi connectivity index (χ1n) is 5.25. The van der Waals surface area contributed by atoms with Crippen LogP contribution in [0, 0.1) is 5.92 Å². The summed E-state index contributed by atoms with van der Waals surface area (Å²) in [5, 5.41) is 0. The number of benzene rings is 1. The monoisotopic (exact) mass is 231 g/mol. The molecule has 0 spiro atoms. The van der Waals surface area contributed by atoms with Gasteiger partial charge in [-0.1, -0.05) is 13.8 Å². The number of nitrogen functional groups attached to an aromatic ring is 1. The Balaban J connectivity index is 2.90. The van der Waals surface area contributed by atoms with Crippen molar-refractivity contribution in [2.75, 3.05) is 5.73 Å². The number of anilines is 1. The van der Waals surface area contributed by atoms with Crippen LogP contribution in [-0.2, 0) is 12.6 Å². The Bertz CT molecular complexity index is 356. The van der Waals surface area contributed by atoms with E-state index in [9.17, 15) is 13.2 Å². The Hall–Kier alpha value is -1.19. The summed E-state index contributed by atoms with van der Waals surface area (Å²) in [4.78, 5) is 0. The van der Waals surface area contributed by atoms with E-state index in [-0.39, 0.29) is 5.69 Å². The maximum atomic E-state index is 12.5. The van der Waals surface area contributed by atoms with Gasteiger partial charge < -0.3 is 5.73 Å². The molecule has 1 rings (SSSR count). The predicted octanol–water partition coefficient (Wildman–Crippen LogP) is 3.88. The first kappa shape index (κ1) is 12.9. The topological polar surface area (TPSA) is 26.0 Å². The molecule has 0 fully saturated rings. The fourth-order valence-corrected chi connectivity index (χ4v) is 1.48. The highest BCUT2D eigenvalue weighted by molar-refractivity contribution is 5.45. The lowest BCUT2D eigenvalue weighted by Gasteiger charge is -2.11. The van der Waals surface area contributed by atoms with Crippen LogP contribution < -0.4 is 5.73 Å². The van der Waals surface area contributed by atoms with Gasteiger partial charge in [-0.3, -0.25) is 0 Å². The van der Waals surface area contributed by atoms with Crippen molar-refractivity contribution in [3.63, 3.8) is 0 Å². The van der Waals surface area contributed by atoms with E-state index >= 15 is 0 Å². The van der Waals surface area contributed by atoms with Gasteiger partial charge in [-0.25, -0.2) is 0 Å². The van der Waals surface area contributed by atoms with E-state index in [1.54, 1.807) is 6.07 Å². The lowest BCUT2D eigenvalue weighted by Crippen LogP contribution is -2.07. The summed E-state index contributed by atoms with van der Waals surface area (Å²) in [5.41, 5.74) is 5.63. The first-order chi connectivity index (χ1) is 7.29. The van der Waals surface area contributed by atoms with Crippen LogP contribution in [0.3, 0.4) is 0 Å². The van der Waals surface area contributed by atoms with Crippen molar-refractivity contribution in [3.05, 3.63) is 29.3 Å². The minimum Gasteiger partial charge on any atom is -0.399 e. The van der Waals surface area contributed by atoms with Crippen molar-refractivity contribution >= 4 is 5.69 Å². The summed E-state index contributed by atoms with van der Waals surface area (Å²) in [6.45, 7) is 4.08. The second-order valence-electron chi connectivity index (χ2n) is 4.39. The predicted molar refractivity (Wildman–Crippen MR) is 59.0 cm³/mol. The molecule has 90 valence electrons. The van der Waals surface area contributed by atoms with Crippen molar-refractivity contribution in [2.24, 2.45) is 5.92 Å². The van der Waals surface area contributed by atoms with Crippen LogP contribution >= 0.6 is 0 Å². The van der Waals surface area contributed by atoms with Crippen molar-refractivity contribution < 1.29 is 13.2 Å². The van der Waals surface area contributed by atoms with Crippen LogP contribution in [0.2, 0.25) is 0 Å². The molecule has 0 saturated carbocycles. The zero-order chi connectivity index (χ0) is 12.3. The molecule has 0 unspecified atom stereocenters. The van der Waals surface area contributed by atoms with Crippen molar-refractivity contribution in [1.29, 1.82) is 0 Å². The molecule has 2 N–H and O–H groups in total. The highest BCUT2D eigenvalue weighted by Gasteiger charge is 2.30. The van der Waals surface area contributed by atoms with Gasteiger partial charge in [0.1, 0.15) is 0 Å². The Morgan fingerprint density at radius 1 is 1.19 bits per heavy atom. The van der Waals surface area contributed by atoms with Crippen LogP contribution in [0.15, 0.2) is 18.2 Å². The molecule has 0 aromatic heterocycles. The average molecular weight is 231 g/mol. The number of halogens is 3. The van der Waals surface area contributed by atoms with Crippen molar-refractivity contribution in [3.8, 4) is 0 Å². The van der Waals surface area contributed by atoms with Gasteiger partial charge in [0.05, 0.1) is 5.56 Å². The zero-order valence-corrected chi connectivity index (χ0v) is 9.43. The molecule has 0 heterocycles. The molecular weight excluding hydrogens is 215 g/mol. The molecule has 0 aliphatic heterocycles. The molecule has 0 saturated heterocycles. The molecule has 0 atom stereocenters. The number of rotatable bonds is 3. The second kappa shape index (κ2) is 4.76. The number of alkyl halides is 3. The van der Waals surface area contributed by atoms with Crippen LogP contribution in [0.5, 0.6) is 0 Å². The smallest absolute Gasteiger partial charge is 0.399 e. The standard InChI is InChI=1S/C12H16F3N/c1-8(2)3-4-9-5-10(12(13,14)15)7-11(16)6-9/h5-8H,3-4,16H2,1-2H3. The number of aryl methyl sites for hydroxylation is 1. The summed E-state index contributed by atoms with van der Waals surface area (Å²) in [6.07, 6.45) is -2.82. The minimum atomic E-state index is -4.32. The van der Waals surface area contributed by atoms with E-state index in [4.69, 9.17) is 5.73 Å². The second-order valence-corrected chi connectivity index (χ2v) is 4.39. The van der Waals surface area contributed by atoms with Gasteiger partial charge in [-0.15, -0.1) is 0 Å². The highest BCUT2D eigenvalue weighted by atomic mass is 19.4. The summed E-state index contributed by atoms with van der Waals surface area (Å²) in [5.74, 6) is 0.468. The van der Waals surface area contributed by atoms with Gasteiger partial charge in [-0.05, 0) is 42.5 Å². The largest absolute Gasteiger partial charge is 0.416 e. The van der Waals surface area contributed by atoms with Gasteiger partial charge >= 0.3 is 6.18 Å². The number of nitrogens with two attached hydrogens (primary N) is 1. The van der Waals surface area contributed by atoms with Crippen molar-refractivity contribution in [1.82, 2.24) is 0 Å². The van der Waals surface area contributed by atoms with Gasteiger partial charge in [0.15, 0.2) is 0 Å². The molecule has 0 aliphatic carbocycles. The van der Waals surface area contributed by atoms with E-state index in [0.717, 1.165) is 12.5 Å². The number of hydrogen-bond acceptors (Lipinski definition) is 1. The van der Waals surface area contributed by atoms with Crippen LogP contribution in [0.4, 0.5) is 18.9 Å². The summed E-state index contributed by atoms with van der Waals surface area (Å²) < 4.78 is 37.5. The Labute approximate surface area is 93.5 Å². The lowest BCUT2D eigenvalue weighted by molar-refractivity contribution is -0.137. The molecule has 4 heteroatoms. The van der Waals surface area contributed by atoms with E-state index < -0.39 is 11.7 Å². The summed E-state index contributed by atoms with van der Waals surface area (Å²) >= 11 is 0. The lowest BCUT2D eigenvalue weighted by atomic mass is 10.0.